The van der Waals surface area contributed by atoms with E-state index in [1.54, 1.807) is 11.3 Å². The Kier molecular flexibility index (Phi) is 5.92. The molecule has 1 aromatic heterocycles. The van der Waals surface area contributed by atoms with Gasteiger partial charge >= 0.3 is 0 Å². The number of fused-ring (bicyclic) bond motifs is 1. The first-order valence-corrected chi connectivity index (χ1v) is 12.2. The molecule has 0 radical (unpaired) electrons. The van der Waals surface area contributed by atoms with Gasteiger partial charge in [-0.3, -0.25) is 9.69 Å². The maximum Gasteiger partial charge on any atom is 0.222 e. The summed E-state index contributed by atoms with van der Waals surface area (Å²) in [6.07, 6.45) is 2.71. The minimum Gasteiger partial charge on any atom is -0.345 e. The van der Waals surface area contributed by atoms with Gasteiger partial charge in [0, 0.05) is 51.7 Å². The predicted molar refractivity (Wildman–Crippen MR) is 128 cm³/mol. The van der Waals surface area contributed by atoms with Gasteiger partial charge in [0.25, 0.3) is 0 Å². The van der Waals surface area contributed by atoms with Crippen molar-refractivity contribution in [2.24, 2.45) is 0 Å². The number of piperazine rings is 1. The molecule has 3 heterocycles. The lowest BCUT2D eigenvalue weighted by molar-refractivity contribution is -0.131. The second kappa shape index (κ2) is 8.97. The summed E-state index contributed by atoms with van der Waals surface area (Å²) >= 11 is 1.79. The van der Waals surface area contributed by atoms with Gasteiger partial charge in [-0.1, -0.05) is 53.3 Å². The zero-order chi connectivity index (χ0) is 21.2. The Balaban J connectivity index is 1.17. The molecule has 0 spiro atoms. The standard InChI is InChI=1S/C25H30N4OS/c1-19-6-8-20(9-7-19)18-29-13-12-21(10-11-24(29)30)27-14-16-28(17-15-27)25-26-22-4-2-3-5-23(22)31-25/h2-9,21H,10-18H2,1H3/t21-/m0/s1. The molecule has 0 aliphatic carbocycles. The summed E-state index contributed by atoms with van der Waals surface area (Å²) in [5, 5.41) is 1.14. The molecular formula is C25H30N4OS. The maximum atomic E-state index is 12.7. The number of carbonyl (C=O) groups excluding carboxylic acids is 1. The summed E-state index contributed by atoms with van der Waals surface area (Å²) in [7, 11) is 0. The molecule has 6 heteroatoms. The molecule has 2 aliphatic rings. The van der Waals surface area contributed by atoms with Crippen LogP contribution in [0.25, 0.3) is 10.2 Å². The first-order valence-electron chi connectivity index (χ1n) is 11.3. The zero-order valence-electron chi connectivity index (χ0n) is 18.2. The summed E-state index contributed by atoms with van der Waals surface area (Å²) in [5.41, 5.74) is 3.58. The second-order valence-corrected chi connectivity index (χ2v) is 9.78. The van der Waals surface area contributed by atoms with E-state index in [9.17, 15) is 4.79 Å². The zero-order valence-corrected chi connectivity index (χ0v) is 19.0. The molecule has 2 saturated heterocycles. The summed E-state index contributed by atoms with van der Waals surface area (Å²) in [6.45, 7) is 7.81. The molecule has 2 aliphatic heterocycles. The van der Waals surface area contributed by atoms with Crippen LogP contribution in [0.4, 0.5) is 5.13 Å². The topological polar surface area (TPSA) is 39.7 Å². The van der Waals surface area contributed by atoms with Crippen LogP contribution in [0.5, 0.6) is 0 Å². The number of hydrogen-bond acceptors (Lipinski definition) is 5. The van der Waals surface area contributed by atoms with Crippen molar-refractivity contribution >= 4 is 32.6 Å². The lowest BCUT2D eigenvalue weighted by Gasteiger charge is -2.39. The van der Waals surface area contributed by atoms with E-state index in [-0.39, 0.29) is 0 Å². The Morgan fingerprint density at radius 3 is 2.52 bits per heavy atom. The van der Waals surface area contributed by atoms with Gasteiger partial charge in [-0.2, -0.15) is 0 Å². The lowest BCUT2D eigenvalue weighted by Crippen LogP contribution is -2.50. The van der Waals surface area contributed by atoms with Crippen LogP contribution in [-0.4, -0.2) is 59.5 Å². The Labute approximate surface area is 188 Å². The number of anilines is 1. The molecule has 0 bridgehead atoms. The average Bonchev–Trinajstić information content (AvgIpc) is 3.15. The number of para-hydroxylation sites is 1. The quantitative estimate of drug-likeness (QED) is 0.614. The van der Waals surface area contributed by atoms with Gasteiger partial charge in [0.15, 0.2) is 5.13 Å². The van der Waals surface area contributed by atoms with E-state index >= 15 is 0 Å². The molecule has 5 nitrogen and oxygen atoms in total. The molecule has 1 amide bonds. The molecule has 3 aromatic rings. The van der Waals surface area contributed by atoms with Crippen LogP contribution in [0.3, 0.4) is 0 Å². The van der Waals surface area contributed by atoms with Crippen molar-refractivity contribution < 1.29 is 4.79 Å². The second-order valence-electron chi connectivity index (χ2n) is 8.77. The monoisotopic (exact) mass is 434 g/mol. The van der Waals surface area contributed by atoms with Crippen molar-refractivity contribution in [2.75, 3.05) is 37.6 Å². The average molecular weight is 435 g/mol. The van der Waals surface area contributed by atoms with E-state index in [1.807, 2.05) is 0 Å². The van der Waals surface area contributed by atoms with Crippen molar-refractivity contribution in [3.05, 3.63) is 59.7 Å². The van der Waals surface area contributed by atoms with Crippen LogP contribution in [0.1, 0.15) is 30.4 Å². The number of hydrogen-bond donors (Lipinski definition) is 0. The number of thiazole rings is 1. The van der Waals surface area contributed by atoms with Gasteiger partial charge in [0.1, 0.15) is 0 Å². The predicted octanol–water partition coefficient (Wildman–Crippen LogP) is 4.31. The molecular weight excluding hydrogens is 404 g/mol. The highest BCUT2D eigenvalue weighted by Crippen LogP contribution is 2.30. The van der Waals surface area contributed by atoms with Gasteiger partial charge < -0.3 is 9.80 Å². The number of amides is 1. The summed E-state index contributed by atoms with van der Waals surface area (Å²) in [4.78, 5) is 24.6. The smallest absolute Gasteiger partial charge is 0.222 e. The Morgan fingerprint density at radius 2 is 1.74 bits per heavy atom. The van der Waals surface area contributed by atoms with Gasteiger partial charge in [-0.25, -0.2) is 4.98 Å². The van der Waals surface area contributed by atoms with E-state index in [2.05, 4.69) is 70.2 Å². The van der Waals surface area contributed by atoms with Gasteiger partial charge in [-0.05, 0) is 37.5 Å². The molecule has 31 heavy (non-hydrogen) atoms. The van der Waals surface area contributed by atoms with Gasteiger partial charge in [0.2, 0.25) is 5.91 Å². The molecule has 0 unspecified atom stereocenters. The molecule has 0 N–H and O–H groups in total. The molecule has 162 valence electrons. The number of aryl methyl sites for hydroxylation is 1. The summed E-state index contributed by atoms with van der Waals surface area (Å²) < 4.78 is 1.26. The highest BCUT2D eigenvalue weighted by atomic mass is 32.1. The largest absolute Gasteiger partial charge is 0.345 e. The third kappa shape index (κ3) is 4.60. The van der Waals surface area contributed by atoms with Gasteiger partial charge in [0.05, 0.1) is 10.2 Å². The van der Waals surface area contributed by atoms with Crippen molar-refractivity contribution in [3.8, 4) is 0 Å². The number of benzene rings is 2. The molecule has 2 fully saturated rings. The summed E-state index contributed by atoms with van der Waals surface area (Å²) in [5.74, 6) is 0.302. The van der Waals surface area contributed by atoms with Crippen LogP contribution in [0.15, 0.2) is 48.5 Å². The number of rotatable bonds is 4. The molecule has 1 atom stereocenters. The molecule has 2 aromatic carbocycles. The first-order chi connectivity index (χ1) is 15.2. The fraction of sp³-hybridized carbons (Fsp3) is 0.440. The highest BCUT2D eigenvalue weighted by Gasteiger charge is 2.29. The van der Waals surface area contributed by atoms with E-state index in [0.717, 1.165) is 62.8 Å². The van der Waals surface area contributed by atoms with E-state index in [1.165, 1.54) is 15.8 Å². The van der Waals surface area contributed by atoms with E-state index in [0.29, 0.717) is 18.4 Å². The van der Waals surface area contributed by atoms with Crippen LogP contribution in [0.2, 0.25) is 0 Å². The Hall–Kier alpha value is -2.44. The fourth-order valence-electron chi connectivity index (χ4n) is 4.74. The van der Waals surface area contributed by atoms with Gasteiger partial charge in [-0.15, -0.1) is 0 Å². The van der Waals surface area contributed by atoms with E-state index in [4.69, 9.17) is 4.98 Å². The fourth-order valence-corrected chi connectivity index (χ4v) is 5.76. The number of nitrogens with zero attached hydrogens (tertiary/aromatic N) is 4. The normalized spacial score (nSPS) is 20.9. The minimum absolute atomic E-state index is 0.302. The van der Waals surface area contributed by atoms with Crippen LogP contribution in [-0.2, 0) is 11.3 Å². The number of likely N-dealkylation sites (tertiary alicyclic amines) is 1. The van der Waals surface area contributed by atoms with E-state index < -0.39 is 0 Å². The van der Waals surface area contributed by atoms with Crippen LogP contribution < -0.4 is 4.90 Å². The molecule has 5 rings (SSSR count). The maximum absolute atomic E-state index is 12.7. The van der Waals surface area contributed by atoms with Crippen molar-refractivity contribution in [2.45, 2.75) is 38.8 Å². The Morgan fingerprint density at radius 1 is 0.968 bits per heavy atom. The van der Waals surface area contributed by atoms with Crippen molar-refractivity contribution in [3.63, 3.8) is 0 Å². The SMILES string of the molecule is Cc1ccc(CN2CC[C@@H](N3CCN(c4nc5ccccc5s4)CC3)CCC2=O)cc1. The Bertz CT molecular complexity index is 1010. The number of carbonyl (C=O) groups is 1. The van der Waals surface area contributed by atoms with Crippen molar-refractivity contribution in [1.82, 2.24) is 14.8 Å². The highest BCUT2D eigenvalue weighted by molar-refractivity contribution is 7.22. The van der Waals surface area contributed by atoms with Crippen molar-refractivity contribution in [1.29, 1.82) is 0 Å². The van der Waals surface area contributed by atoms with Crippen LogP contribution in [0, 0.1) is 6.92 Å². The minimum atomic E-state index is 0.302. The third-order valence-electron chi connectivity index (χ3n) is 6.65. The lowest BCUT2D eigenvalue weighted by atomic mass is 10.1. The molecule has 0 saturated carbocycles. The number of aromatic nitrogens is 1. The first kappa shape index (κ1) is 20.5. The summed E-state index contributed by atoms with van der Waals surface area (Å²) in [6, 6.07) is 17.4. The third-order valence-corrected chi connectivity index (χ3v) is 7.75. The van der Waals surface area contributed by atoms with Crippen LogP contribution >= 0.6 is 11.3 Å².